The lowest BCUT2D eigenvalue weighted by Crippen LogP contribution is -2.27. The van der Waals surface area contributed by atoms with E-state index in [2.05, 4.69) is 40.8 Å². The van der Waals surface area contributed by atoms with Gasteiger partial charge in [0.1, 0.15) is 29.4 Å². The van der Waals surface area contributed by atoms with Gasteiger partial charge in [-0.25, -0.2) is 24.7 Å². The minimum Gasteiger partial charge on any atom is -0.446 e. The van der Waals surface area contributed by atoms with E-state index in [1.807, 2.05) is 18.2 Å². The van der Waals surface area contributed by atoms with Crippen LogP contribution in [0.2, 0.25) is 0 Å². The maximum absolute atomic E-state index is 12.3. The standard InChI is InChI=1S/C22H18N8O2S/c31-22(29-14-8-23-10-24-9-14)32-15-2-3-16-18(6-15)33-21-19(16)20(25-11-26-21)28-13-1-4-17-12(5-13)7-27-30-17/h1,4-5,7-11,15H,2-3,6H2,(H,27,30)(H,29,31)(H,25,26,28). The number of rotatable bonds is 4. The van der Waals surface area contributed by atoms with Crippen LogP contribution in [0.25, 0.3) is 21.1 Å². The summed E-state index contributed by atoms with van der Waals surface area (Å²) < 4.78 is 5.65. The number of fused-ring (bicyclic) bond motifs is 4. The highest BCUT2D eigenvalue weighted by Crippen LogP contribution is 2.39. The number of aromatic amines is 1. The molecular formula is C22H18N8O2S. The molecule has 0 aliphatic heterocycles. The fraction of sp³-hybridized carbons (Fsp3) is 0.182. The summed E-state index contributed by atoms with van der Waals surface area (Å²) in [5.74, 6) is 0.779. The first-order chi connectivity index (χ1) is 16.2. The number of carbonyl (C=O) groups is 1. The number of aryl methyl sites for hydroxylation is 1. The van der Waals surface area contributed by atoms with Crippen molar-refractivity contribution in [2.24, 2.45) is 0 Å². The number of benzene rings is 1. The fourth-order valence-electron chi connectivity index (χ4n) is 4.09. The van der Waals surface area contributed by atoms with Gasteiger partial charge < -0.3 is 10.1 Å². The van der Waals surface area contributed by atoms with Gasteiger partial charge >= 0.3 is 6.09 Å². The first kappa shape index (κ1) is 19.6. The van der Waals surface area contributed by atoms with Crippen molar-refractivity contribution in [3.63, 3.8) is 0 Å². The number of H-pyrrole nitrogens is 1. The molecular weight excluding hydrogens is 440 g/mol. The molecule has 0 saturated carbocycles. The van der Waals surface area contributed by atoms with E-state index in [0.717, 1.165) is 45.5 Å². The predicted octanol–water partition coefficient (Wildman–Crippen LogP) is 4.21. The number of ether oxygens (including phenoxy) is 1. The Morgan fingerprint density at radius 3 is 2.94 bits per heavy atom. The van der Waals surface area contributed by atoms with Gasteiger partial charge in [-0.2, -0.15) is 5.10 Å². The second-order valence-corrected chi connectivity index (χ2v) is 8.81. The number of aromatic nitrogens is 6. The summed E-state index contributed by atoms with van der Waals surface area (Å²) in [6.45, 7) is 0. The van der Waals surface area contributed by atoms with Crippen LogP contribution in [0.15, 0.2) is 49.4 Å². The van der Waals surface area contributed by atoms with Gasteiger partial charge in [-0.05, 0) is 36.6 Å². The smallest absolute Gasteiger partial charge is 0.412 e. The molecule has 3 N–H and O–H groups in total. The molecule has 1 amide bonds. The molecule has 5 aromatic rings. The molecule has 1 aliphatic rings. The van der Waals surface area contributed by atoms with E-state index in [4.69, 9.17) is 4.74 Å². The van der Waals surface area contributed by atoms with E-state index in [-0.39, 0.29) is 6.10 Å². The highest BCUT2D eigenvalue weighted by molar-refractivity contribution is 7.19. The largest absolute Gasteiger partial charge is 0.446 e. The van der Waals surface area contributed by atoms with Gasteiger partial charge in [-0.1, -0.05) is 0 Å². The van der Waals surface area contributed by atoms with Gasteiger partial charge in [-0.3, -0.25) is 10.4 Å². The quantitative estimate of drug-likeness (QED) is 0.365. The summed E-state index contributed by atoms with van der Waals surface area (Å²) >= 11 is 1.63. The molecule has 0 spiro atoms. The van der Waals surface area contributed by atoms with Crippen LogP contribution in [0.1, 0.15) is 16.9 Å². The molecule has 1 unspecified atom stereocenters. The molecule has 4 aromatic heterocycles. The topological polar surface area (TPSA) is 131 Å². The molecule has 1 aromatic carbocycles. The molecule has 0 fully saturated rings. The molecule has 0 radical (unpaired) electrons. The van der Waals surface area contributed by atoms with Crippen LogP contribution in [0.3, 0.4) is 0 Å². The highest BCUT2D eigenvalue weighted by atomic mass is 32.1. The summed E-state index contributed by atoms with van der Waals surface area (Å²) in [5.41, 5.74) is 3.64. The van der Waals surface area contributed by atoms with Crippen LogP contribution >= 0.6 is 11.3 Å². The maximum atomic E-state index is 12.3. The minimum absolute atomic E-state index is 0.206. The van der Waals surface area contributed by atoms with E-state index >= 15 is 0 Å². The number of amides is 1. The van der Waals surface area contributed by atoms with Crippen molar-refractivity contribution < 1.29 is 9.53 Å². The summed E-state index contributed by atoms with van der Waals surface area (Å²) in [6.07, 6.45) is 9.28. The Morgan fingerprint density at radius 2 is 2.03 bits per heavy atom. The minimum atomic E-state index is -0.504. The second-order valence-electron chi connectivity index (χ2n) is 7.73. The molecule has 33 heavy (non-hydrogen) atoms. The number of carbonyl (C=O) groups excluding carboxylic acids is 1. The molecule has 0 bridgehead atoms. The Balaban J connectivity index is 1.22. The van der Waals surface area contributed by atoms with Gasteiger partial charge in [0, 0.05) is 22.4 Å². The molecule has 6 rings (SSSR count). The van der Waals surface area contributed by atoms with Crippen molar-refractivity contribution in [2.75, 3.05) is 10.6 Å². The first-order valence-electron chi connectivity index (χ1n) is 10.4. The Hall–Kier alpha value is -4.12. The number of hydrogen-bond donors (Lipinski definition) is 3. The van der Waals surface area contributed by atoms with E-state index in [1.54, 1.807) is 23.9 Å². The second kappa shape index (κ2) is 8.10. The van der Waals surface area contributed by atoms with E-state index in [1.165, 1.54) is 29.2 Å². The van der Waals surface area contributed by atoms with Crippen molar-refractivity contribution in [1.82, 2.24) is 30.1 Å². The van der Waals surface area contributed by atoms with Crippen molar-refractivity contribution in [3.8, 4) is 0 Å². The lowest BCUT2D eigenvalue weighted by atomic mass is 9.94. The van der Waals surface area contributed by atoms with Gasteiger partial charge in [0.2, 0.25) is 0 Å². The fourth-order valence-corrected chi connectivity index (χ4v) is 5.35. The SMILES string of the molecule is O=C(Nc1cncnc1)OC1CCc2c(sc3ncnc(Nc4ccc5[nH]ncc5c4)c23)C1. The third kappa shape index (κ3) is 3.82. The predicted molar refractivity (Wildman–Crippen MR) is 125 cm³/mol. The Bertz CT molecular complexity index is 1470. The maximum Gasteiger partial charge on any atom is 0.412 e. The molecule has 4 heterocycles. The normalized spacial score (nSPS) is 15.3. The van der Waals surface area contributed by atoms with E-state index in [9.17, 15) is 4.79 Å². The van der Waals surface area contributed by atoms with Gasteiger partial charge in [0.15, 0.2) is 0 Å². The average molecular weight is 459 g/mol. The van der Waals surface area contributed by atoms with Gasteiger partial charge in [-0.15, -0.1) is 11.3 Å². The molecule has 0 saturated heterocycles. The van der Waals surface area contributed by atoms with Gasteiger partial charge in [0.05, 0.1) is 35.2 Å². The number of hydrogen-bond acceptors (Lipinski definition) is 9. The molecule has 11 heteroatoms. The lowest BCUT2D eigenvalue weighted by Gasteiger charge is -2.22. The first-order valence-corrected chi connectivity index (χ1v) is 11.2. The number of nitrogens with one attached hydrogen (secondary N) is 3. The van der Waals surface area contributed by atoms with Crippen LogP contribution in [0.5, 0.6) is 0 Å². The third-order valence-electron chi connectivity index (χ3n) is 5.58. The number of nitrogens with zero attached hydrogens (tertiary/aromatic N) is 5. The van der Waals surface area contributed by atoms with Gasteiger partial charge in [0.25, 0.3) is 0 Å². The highest BCUT2D eigenvalue weighted by Gasteiger charge is 2.27. The van der Waals surface area contributed by atoms with Crippen molar-refractivity contribution in [2.45, 2.75) is 25.4 Å². The Labute approximate surface area is 191 Å². The monoisotopic (exact) mass is 458 g/mol. The van der Waals surface area contributed by atoms with E-state index < -0.39 is 6.09 Å². The van der Waals surface area contributed by atoms with Crippen LogP contribution in [0, 0.1) is 0 Å². The molecule has 164 valence electrons. The zero-order valence-electron chi connectivity index (χ0n) is 17.3. The van der Waals surface area contributed by atoms with Crippen molar-refractivity contribution in [1.29, 1.82) is 0 Å². The van der Waals surface area contributed by atoms with E-state index in [0.29, 0.717) is 12.1 Å². The molecule has 10 nitrogen and oxygen atoms in total. The zero-order valence-corrected chi connectivity index (χ0v) is 18.1. The third-order valence-corrected chi connectivity index (χ3v) is 6.75. The summed E-state index contributed by atoms with van der Waals surface area (Å²) in [4.78, 5) is 31.1. The number of anilines is 3. The summed E-state index contributed by atoms with van der Waals surface area (Å²) in [5, 5.41) is 15.2. The number of thiophene rings is 1. The zero-order chi connectivity index (χ0) is 22.2. The summed E-state index contributed by atoms with van der Waals surface area (Å²) in [7, 11) is 0. The molecule has 1 atom stereocenters. The average Bonchev–Trinajstić information content (AvgIpc) is 3.43. The Morgan fingerprint density at radius 1 is 1.12 bits per heavy atom. The Kier molecular flexibility index (Phi) is 4.80. The van der Waals surface area contributed by atoms with Crippen LogP contribution in [-0.4, -0.2) is 42.3 Å². The van der Waals surface area contributed by atoms with Crippen LogP contribution in [-0.2, 0) is 17.6 Å². The van der Waals surface area contributed by atoms with Crippen molar-refractivity contribution in [3.05, 3.63) is 59.9 Å². The summed E-state index contributed by atoms with van der Waals surface area (Å²) in [6, 6.07) is 6.01. The van der Waals surface area contributed by atoms with Crippen LogP contribution < -0.4 is 10.6 Å². The van der Waals surface area contributed by atoms with Crippen molar-refractivity contribution >= 4 is 55.7 Å². The lowest BCUT2D eigenvalue weighted by molar-refractivity contribution is 0.103. The molecule has 1 aliphatic carbocycles. The van der Waals surface area contributed by atoms with Crippen LogP contribution in [0.4, 0.5) is 22.0 Å².